The number of alkyl carbamates (subject to hydrolysis) is 1. The first-order valence-corrected chi connectivity index (χ1v) is 7.65. The van der Waals surface area contributed by atoms with Gasteiger partial charge >= 0.3 is 6.09 Å². The smallest absolute Gasteiger partial charge is 0.407 e. The summed E-state index contributed by atoms with van der Waals surface area (Å²) in [7, 11) is 0. The molecule has 1 fully saturated rings. The number of rotatable bonds is 6. The van der Waals surface area contributed by atoms with Crippen LogP contribution in [0.1, 0.15) is 59.3 Å². The van der Waals surface area contributed by atoms with Crippen LogP contribution in [0.4, 0.5) is 4.79 Å². The first kappa shape index (κ1) is 16.9. The molecule has 0 spiro atoms. The molecule has 0 heterocycles. The Balaban J connectivity index is 2.19. The molecular formula is C16H29NO3. The maximum Gasteiger partial charge on any atom is 0.407 e. The van der Waals surface area contributed by atoms with Gasteiger partial charge in [-0.2, -0.15) is 0 Å². The van der Waals surface area contributed by atoms with Gasteiger partial charge in [0.2, 0.25) is 0 Å². The van der Waals surface area contributed by atoms with E-state index in [9.17, 15) is 4.79 Å². The highest BCUT2D eigenvalue weighted by atomic mass is 16.6. The van der Waals surface area contributed by atoms with Crippen molar-refractivity contribution in [1.82, 2.24) is 5.32 Å². The molecule has 0 aromatic carbocycles. The molecule has 1 N–H and O–H groups in total. The second kappa shape index (κ2) is 8.18. The van der Waals surface area contributed by atoms with Gasteiger partial charge in [0.1, 0.15) is 11.7 Å². The van der Waals surface area contributed by atoms with Gasteiger partial charge in [-0.1, -0.05) is 13.0 Å². The molecule has 1 aliphatic carbocycles. The topological polar surface area (TPSA) is 47.6 Å². The van der Waals surface area contributed by atoms with Gasteiger partial charge in [-0.25, -0.2) is 4.79 Å². The van der Waals surface area contributed by atoms with Gasteiger partial charge in [0.05, 0.1) is 6.26 Å². The lowest BCUT2D eigenvalue weighted by atomic mass is 9.83. The van der Waals surface area contributed by atoms with E-state index in [1.807, 2.05) is 20.8 Å². The SMILES string of the molecule is C=CO[C@H]1CCCC[C@H]1CCCNC(=O)OC(C)(C)C. The third-order valence-corrected chi connectivity index (χ3v) is 3.53. The molecule has 4 nitrogen and oxygen atoms in total. The van der Waals surface area contributed by atoms with Gasteiger partial charge in [-0.15, -0.1) is 0 Å². The fourth-order valence-corrected chi connectivity index (χ4v) is 2.68. The van der Waals surface area contributed by atoms with E-state index in [-0.39, 0.29) is 6.09 Å². The van der Waals surface area contributed by atoms with E-state index in [0.29, 0.717) is 18.6 Å². The summed E-state index contributed by atoms with van der Waals surface area (Å²) in [5, 5.41) is 2.80. The lowest BCUT2D eigenvalue weighted by Gasteiger charge is -2.30. The standard InChI is InChI=1S/C16H29NO3/c1-5-19-14-11-7-6-9-13(14)10-8-12-17-15(18)20-16(2,3)4/h5,13-14H,1,6-12H2,2-4H3,(H,17,18)/t13-,14-/m0/s1. The molecule has 1 amide bonds. The van der Waals surface area contributed by atoms with Crippen molar-refractivity contribution in [2.24, 2.45) is 5.92 Å². The summed E-state index contributed by atoms with van der Waals surface area (Å²) in [4.78, 5) is 11.5. The van der Waals surface area contributed by atoms with Crippen molar-refractivity contribution in [2.45, 2.75) is 71.0 Å². The Morgan fingerprint density at radius 2 is 2.05 bits per heavy atom. The zero-order chi connectivity index (χ0) is 15.0. The molecule has 1 aliphatic rings. The number of nitrogens with one attached hydrogen (secondary N) is 1. The Kier molecular flexibility index (Phi) is 6.89. The lowest BCUT2D eigenvalue weighted by molar-refractivity contribution is 0.0459. The van der Waals surface area contributed by atoms with Crippen LogP contribution >= 0.6 is 0 Å². The summed E-state index contributed by atoms with van der Waals surface area (Å²) in [6.07, 6.45) is 8.42. The van der Waals surface area contributed by atoms with E-state index in [1.54, 1.807) is 6.26 Å². The van der Waals surface area contributed by atoms with Gasteiger partial charge in [0, 0.05) is 6.54 Å². The third-order valence-electron chi connectivity index (χ3n) is 3.53. The zero-order valence-corrected chi connectivity index (χ0v) is 13.1. The predicted octanol–water partition coefficient (Wildman–Crippen LogP) is 4.01. The van der Waals surface area contributed by atoms with Crippen molar-refractivity contribution in [2.75, 3.05) is 6.54 Å². The minimum atomic E-state index is -0.434. The highest BCUT2D eigenvalue weighted by Crippen LogP contribution is 2.30. The first-order chi connectivity index (χ1) is 9.42. The fourth-order valence-electron chi connectivity index (χ4n) is 2.68. The number of ether oxygens (including phenoxy) is 2. The lowest BCUT2D eigenvalue weighted by Crippen LogP contribution is -2.33. The number of hydrogen-bond donors (Lipinski definition) is 1. The molecule has 0 aromatic rings. The highest BCUT2D eigenvalue weighted by molar-refractivity contribution is 5.67. The monoisotopic (exact) mass is 283 g/mol. The van der Waals surface area contributed by atoms with Crippen LogP contribution in [0.25, 0.3) is 0 Å². The van der Waals surface area contributed by atoms with Crippen LogP contribution in [0.2, 0.25) is 0 Å². The average Bonchev–Trinajstić information content (AvgIpc) is 2.34. The maximum absolute atomic E-state index is 11.5. The number of hydrogen-bond acceptors (Lipinski definition) is 3. The van der Waals surface area contributed by atoms with Crippen molar-refractivity contribution in [3.05, 3.63) is 12.8 Å². The van der Waals surface area contributed by atoms with Gasteiger partial charge < -0.3 is 14.8 Å². The quantitative estimate of drug-likeness (QED) is 0.592. The summed E-state index contributed by atoms with van der Waals surface area (Å²) in [6.45, 7) is 9.91. The largest absolute Gasteiger partial charge is 0.498 e. The fraction of sp³-hybridized carbons (Fsp3) is 0.812. The Morgan fingerprint density at radius 1 is 1.35 bits per heavy atom. The molecule has 0 bridgehead atoms. The van der Waals surface area contributed by atoms with Crippen LogP contribution in [0, 0.1) is 5.92 Å². The van der Waals surface area contributed by atoms with E-state index in [2.05, 4.69) is 11.9 Å². The van der Waals surface area contributed by atoms with E-state index in [0.717, 1.165) is 19.3 Å². The van der Waals surface area contributed by atoms with Crippen LogP contribution in [0.5, 0.6) is 0 Å². The number of carbonyl (C=O) groups excluding carboxylic acids is 1. The van der Waals surface area contributed by atoms with Crippen molar-refractivity contribution in [1.29, 1.82) is 0 Å². The summed E-state index contributed by atoms with van der Waals surface area (Å²) in [6, 6.07) is 0. The summed E-state index contributed by atoms with van der Waals surface area (Å²) >= 11 is 0. The normalized spacial score (nSPS) is 22.9. The van der Waals surface area contributed by atoms with Crippen LogP contribution in [-0.4, -0.2) is 24.3 Å². The Morgan fingerprint density at radius 3 is 2.70 bits per heavy atom. The van der Waals surface area contributed by atoms with Crippen LogP contribution in [0.3, 0.4) is 0 Å². The third kappa shape index (κ3) is 6.83. The predicted molar refractivity (Wildman–Crippen MR) is 80.5 cm³/mol. The summed E-state index contributed by atoms with van der Waals surface area (Å²) < 4.78 is 10.8. The van der Waals surface area contributed by atoms with Gasteiger partial charge in [0.25, 0.3) is 0 Å². The van der Waals surface area contributed by atoms with E-state index < -0.39 is 5.60 Å². The molecule has 2 atom stereocenters. The molecule has 1 rings (SSSR count). The van der Waals surface area contributed by atoms with E-state index in [4.69, 9.17) is 9.47 Å². The molecule has 0 saturated heterocycles. The van der Waals surface area contributed by atoms with E-state index in [1.165, 1.54) is 19.3 Å². The Bertz CT molecular complexity index is 309. The zero-order valence-electron chi connectivity index (χ0n) is 13.1. The molecule has 0 aliphatic heterocycles. The molecule has 116 valence electrons. The number of carbonyl (C=O) groups is 1. The molecular weight excluding hydrogens is 254 g/mol. The van der Waals surface area contributed by atoms with Gasteiger partial charge in [0.15, 0.2) is 0 Å². The second-order valence-electron chi connectivity index (χ2n) is 6.46. The molecule has 4 heteroatoms. The highest BCUT2D eigenvalue weighted by Gasteiger charge is 2.25. The van der Waals surface area contributed by atoms with Gasteiger partial charge in [-0.3, -0.25) is 0 Å². The second-order valence-corrected chi connectivity index (χ2v) is 6.46. The Labute approximate surface area is 122 Å². The number of amides is 1. The maximum atomic E-state index is 11.5. The minimum absolute atomic E-state index is 0.308. The van der Waals surface area contributed by atoms with Crippen molar-refractivity contribution in [3.8, 4) is 0 Å². The Hall–Kier alpha value is -1.19. The van der Waals surface area contributed by atoms with Crippen molar-refractivity contribution < 1.29 is 14.3 Å². The average molecular weight is 283 g/mol. The van der Waals surface area contributed by atoms with Crippen LogP contribution in [0.15, 0.2) is 12.8 Å². The van der Waals surface area contributed by atoms with E-state index >= 15 is 0 Å². The molecule has 0 unspecified atom stereocenters. The van der Waals surface area contributed by atoms with Crippen molar-refractivity contribution in [3.63, 3.8) is 0 Å². The molecule has 20 heavy (non-hydrogen) atoms. The molecule has 0 aromatic heterocycles. The first-order valence-electron chi connectivity index (χ1n) is 7.65. The van der Waals surface area contributed by atoms with Crippen LogP contribution < -0.4 is 5.32 Å². The molecule has 1 saturated carbocycles. The van der Waals surface area contributed by atoms with Crippen molar-refractivity contribution >= 4 is 6.09 Å². The van der Waals surface area contributed by atoms with Gasteiger partial charge in [-0.05, 0) is 58.8 Å². The van der Waals surface area contributed by atoms with Crippen LogP contribution in [-0.2, 0) is 9.47 Å². The summed E-state index contributed by atoms with van der Waals surface area (Å²) in [5.41, 5.74) is -0.434. The summed E-state index contributed by atoms with van der Waals surface area (Å²) in [5.74, 6) is 0.585. The minimum Gasteiger partial charge on any atom is -0.498 e. The molecule has 0 radical (unpaired) electrons.